The lowest BCUT2D eigenvalue weighted by molar-refractivity contribution is 0.349. The molecule has 1 aromatic heterocycles. The number of ether oxygens (including phenoxy) is 3. The summed E-state index contributed by atoms with van der Waals surface area (Å²) in [6, 6.07) is 5.25. The highest BCUT2D eigenvalue weighted by Gasteiger charge is 2.16. The molecule has 2 aromatic rings. The quantitative estimate of drug-likeness (QED) is 0.640. The lowest BCUT2D eigenvalue weighted by Gasteiger charge is -2.14. The van der Waals surface area contributed by atoms with Crippen LogP contribution >= 0.6 is 0 Å². The fraction of sp³-hybridized carbons (Fsp3) is 0.286. The van der Waals surface area contributed by atoms with Gasteiger partial charge in [0.2, 0.25) is 0 Å². The second-order valence-electron chi connectivity index (χ2n) is 4.27. The Hall–Kier alpha value is -2.54. The Kier molecular flexibility index (Phi) is 4.44. The molecule has 2 rings (SSSR count). The number of nitrogen functional groups attached to an aromatic ring is 1. The molecule has 21 heavy (non-hydrogen) atoms. The topological polar surface area (TPSA) is 91.5 Å². The van der Waals surface area contributed by atoms with E-state index in [0.717, 1.165) is 5.69 Å². The molecule has 0 radical (unpaired) electrons. The van der Waals surface area contributed by atoms with Gasteiger partial charge in [-0.25, -0.2) is 15.8 Å². The fourth-order valence-corrected chi connectivity index (χ4v) is 1.97. The van der Waals surface area contributed by atoms with E-state index < -0.39 is 0 Å². The molecule has 0 bridgehead atoms. The number of nitrogens with two attached hydrogens (primary N) is 1. The van der Waals surface area contributed by atoms with E-state index in [2.05, 4.69) is 15.4 Å². The average molecular weight is 290 g/mol. The third-order valence-corrected chi connectivity index (χ3v) is 2.95. The van der Waals surface area contributed by atoms with E-state index in [-0.39, 0.29) is 0 Å². The zero-order chi connectivity index (χ0) is 15.4. The molecule has 0 aliphatic rings. The number of hydrogen-bond acceptors (Lipinski definition) is 7. The Morgan fingerprint density at radius 2 is 1.52 bits per heavy atom. The van der Waals surface area contributed by atoms with Crippen molar-refractivity contribution in [1.29, 1.82) is 0 Å². The van der Waals surface area contributed by atoms with Crippen molar-refractivity contribution in [3.63, 3.8) is 0 Å². The van der Waals surface area contributed by atoms with E-state index in [1.54, 1.807) is 39.5 Å². The molecule has 0 saturated carbocycles. The van der Waals surface area contributed by atoms with Crippen molar-refractivity contribution < 1.29 is 14.2 Å². The summed E-state index contributed by atoms with van der Waals surface area (Å²) < 4.78 is 16.0. The number of nitrogens with one attached hydrogen (secondary N) is 1. The first-order valence-electron chi connectivity index (χ1n) is 6.25. The Labute approximate surface area is 123 Å². The largest absolute Gasteiger partial charge is 0.496 e. The molecule has 0 unspecified atom stereocenters. The van der Waals surface area contributed by atoms with E-state index in [1.165, 1.54) is 0 Å². The summed E-state index contributed by atoms with van der Waals surface area (Å²) in [5.41, 5.74) is 3.99. The van der Waals surface area contributed by atoms with Crippen LogP contribution in [0.3, 0.4) is 0 Å². The summed E-state index contributed by atoms with van der Waals surface area (Å²) in [5, 5.41) is 0. The van der Waals surface area contributed by atoms with Crippen LogP contribution in [0.4, 0.5) is 5.82 Å². The summed E-state index contributed by atoms with van der Waals surface area (Å²) in [5.74, 6) is 8.16. The smallest absolute Gasteiger partial charge is 0.165 e. The molecule has 0 aliphatic heterocycles. The Bertz CT molecular complexity index is 646. The first kappa shape index (κ1) is 14.9. The fourth-order valence-electron chi connectivity index (χ4n) is 1.97. The van der Waals surface area contributed by atoms with Crippen molar-refractivity contribution in [3.05, 3.63) is 23.9 Å². The van der Waals surface area contributed by atoms with Crippen molar-refractivity contribution in [3.8, 4) is 28.6 Å². The van der Waals surface area contributed by atoms with Crippen LogP contribution in [0.5, 0.6) is 17.2 Å². The second-order valence-corrected chi connectivity index (χ2v) is 4.27. The normalized spacial score (nSPS) is 10.1. The molecule has 3 N–H and O–H groups in total. The Morgan fingerprint density at radius 1 is 0.905 bits per heavy atom. The van der Waals surface area contributed by atoms with Gasteiger partial charge >= 0.3 is 0 Å². The standard InChI is InChI=1S/C14H18N4O3/c1-8-5-13(18-15)17-14(16-8)9-6-11(20-3)12(21-4)7-10(9)19-2/h5-7H,15H2,1-4H3,(H,16,17,18). The van der Waals surface area contributed by atoms with Crippen LogP contribution in [0, 0.1) is 6.92 Å². The van der Waals surface area contributed by atoms with Crippen molar-refractivity contribution in [1.82, 2.24) is 9.97 Å². The molecule has 0 saturated heterocycles. The van der Waals surface area contributed by atoms with Crippen molar-refractivity contribution in [2.24, 2.45) is 5.84 Å². The number of hydrazine groups is 1. The minimum atomic E-state index is 0.487. The van der Waals surface area contributed by atoms with Gasteiger partial charge in [-0.05, 0) is 13.0 Å². The molecule has 112 valence electrons. The number of anilines is 1. The van der Waals surface area contributed by atoms with Crippen molar-refractivity contribution in [2.75, 3.05) is 26.8 Å². The van der Waals surface area contributed by atoms with Crippen LogP contribution in [0.1, 0.15) is 5.69 Å². The average Bonchev–Trinajstić information content (AvgIpc) is 2.52. The van der Waals surface area contributed by atoms with Crippen molar-refractivity contribution in [2.45, 2.75) is 6.92 Å². The molecule has 0 aliphatic carbocycles. The molecule has 0 spiro atoms. The third-order valence-electron chi connectivity index (χ3n) is 2.95. The summed E-state index contributed by atoms with van der Waals surface area (Å²) in [4.78, 5) is 8.75. The van der Waals surface area contributed by atoms with Gasteiger partial charge in [0, 0.05) is 17.8 Å². The van der Waals surface area contributed by atoms with Gasteiger partial charge in [-0.1, -0.05) is 0 Å². The number of benzene rings is 1. The maximum Gasteiger partial charge on any atom is 0.165 e. The lowest BCUT2D eigenvalue weighted by atomic mass is 10.1. The number of rotatable bonds is 5. The summed E-state index contributed by atoms with van der Waals surface area (Å²) >= 11 is 0. The van der Waals surface area contributed by atoms with E-state index in [9.17, 15) is 0 Å². The predicted molar refractivity (Wildman–Crippen MR) is 79.7 cm³/mol. The Balaban J connectivity index is 2.64. The molecule has 0 atom stereocenters. The maximum atomic E-state index is 5.42. The van der Waals surface area contributed by atoms with Crippen LogP contribution in [0.15, 0.2) is 18.2 Å². The number of methoxy groups -OCH3 is 3. The molecule has 7 heteroatoms. The van der Waals surface area contributed by atoms with Gasteiger partial charge in [0.25, 0.3) is 0 Å². The molecule has 0 amide bonds. The van der Waals surface area contributed by atoms with E-state index in [4.69, 9.17) is 20.1 Å². The molecule has 1 heterocycles. The monoisotopic (exact) mass is 290 g/mol. The van der Waals surface area contributed by atoms with E-state index in [0.29, 0.717) is 34.5 Å². The van der Waals surface area contributed by atoms with Gasteiger partial charge in [0.15, 0.2) is 17.3 Å². The molecule has 1 aromatic carbocycles. The van der Waals surface area contributed by atoms with Gasteiger partial charge < -0.3 is 19.6 Å². The van der Waals surface area contributed by atoms with Gasteiger partial charge in [-0.2, -0.15) is 0 Å². The van der Waals surface area contributed by atoms with Gasteiger partial charge in [-0.15, -0.1) is 0 Å². The zero-order valence-electron chi connectivity index (χ0n) is 12.4. The number of nitrogens with zero attached hydrogens (tertiary/aromatic N) is 2. The summed E-state index contributed by atoms with van der Waals surface area (Å²) in [6.07, 6.45) is 0. The highest BCUT2D eigenvalue weighted by atomic mass is 16.5. The van der Waals surface area contributed by atoms with Crippen LogP contribution < -0.4 is 25.5 Å². The Morgan fingerprint density at radius 3 is 2.10 bits per heavy atom. The molecular formula is C14H18N4O3. The lowest BCUT2D eigenvalue weighted by Crippen LogP contribution is -2.10. The first-order valence-corrected chi connectivity index (χ1v) is 6.25. The highest BCUT2D eigenvalue weighted by molar-refractivity contribution is 5.70. The van der Waals surface area contributed by atoms with Crippen LogP contribution in [-0.2, 0) is 0 Å². The predicted octanol–water partition coefficient (Wildman–Crippen LogP) is 1.76. The zero-order valence-corrected chi connectivity index (χ0v) is 12.4. The van der Waals surface area contributed by atoms with Crippen LogP contribution in [0.2, 0.25) is 0 Å². The SMILES string of the molecule is COc1cc(OC)c(-c2nc(C)cc(NN)n2)cc1OC. The van der Waals surface area contributed by atoms with Gasteiger partial charge in [-0.3, -0.25) is 0 Å². The van der Waals surface area contributed by atoms with E-state index in [1.807, 2.05) is 6.92 Å². The minimum Gasteiger partial charge on any atom is -0.496 e. The first-order chi connectivity index (χ1) is 10.1. The summed E-state index contributed by atoms with van der Waals surface area (Å²) in [6.45, 7) is 1.86. The van der Waals surface area contributed by atoms with E-state index >= 15 is 0 Å². The molecule has 0 fully saturated rings. The molecular weight excluding hydrogens is 272 g/mol. The van der Waals surface area contributed by atoms with Gasteiger partial charge in [0.1, 0.15) is 11.6 Å². The van der Waals surface area contributed by atoms with Crippen LogP contribution in [0.25, 0.3) is 11.4 Å². The second kappa shape index (κ2) is 6.27. The third kappa shape index (κ3) is 2.97. The van der Waals surface area contributed by atoms with Crippen LogP contribution in [-0.4, -0.2) is 31.3 Å². The van der Waals surface area contributed by atoms with Gasteiger partial charge in [0.05, 0.1) is 26.9 Å². The number of aromatic nitrogens is 2. The summed E-state index contributed by atoms with van der Waals surface area (Å²) in [7, 11) is 4.71. The van der Waals surface area contributed by atoms with Crippen molar-refractivity contribution >= 4 is 5.82 Å². The minimum absolute atomic E-state index is 0.487. The number of hydrogen-bond donors (Lipinski definition) is 2. The molecule has 7 nitrogen and oxygen atoms in total. The highest BCUT2D eigenvalue weighted by Crippen LogP contribution is 2.39. The number of aryl methyl sites for hydroxylation is 1. The maximum absolute atomic E-state index is 5.42.